The highest BCUT2D eigenvalue weighted by atomic mass is 32.2. The van der Waals surface area contributed by atoms with Gasteiger partial charge in [-0.3, -0.25) is 4.57 Å². The zero-order chi connectivity index (χ0) is 21.8. The molecular formula is C20H23N5O4S2. The topological polar surface area (TPSA) is 103 Å². The summed E-state index contributed by atoms with van der Waals surface area (Å²) >= 11 is 1.47. The van der Waals surface area contributed by atoms with Crippen LogP contribution in [0.1, 0.15) is 11.5 Å². The molecule has 0 radical (unpaired) electrons. The third-order valence-electron chi connectivity index (χ3n) is 4.75. The lowest BCUT2D eigenvalue weighted by Gasteiger charge is -2.26. The number of hydrogen-bond donors (Lipinski definition) is 0. The van der Waals surface area contributed by atoms with Crippen LogP contribution >= 0.6 is 11.8 Å². The van der Waals surface area contributed by atoms with Crippen molar-refractivity contribution < 1.29 is 17.7 Å². The average Bonchev–Trinajstić information content (AvgIpc) is 3.39. The minimum absolute atomic E-state index is 0.228. The van der Waals surface area contributed by atoms with Gasteiger partial charge >= 0.3 is 0 Å². The SMILES string of the molecule is C=CCn1c(SCc2cc(C)no2)nnc1-c1cccc(S(=O)(=O)N2CCOCC2)c1. The van der Waals surface area contributed by atoms with Crippen LogP contribution in [-0.2, 0) is 27.1 Å². The summed E-state index contributed by atoms with van der Waals surface area (Å²) < 4.78 is 40.0. The van der Waals surface area contributed by atoms with Gasteiger partial charge in [0.05, 0.1) is 29.6 Å². The number of hydrogen-bond acceptors (Lipinski definition) is 8. The summed E-state index contributed by atoms with van der Waals surface area (Å²) in [6, 6.07) is 8.67. The van der Waals surface area contributed by atoms with E-state index in [4.69, 9.17) is 9.26 Å². The molecule has 0 saturated carbocycles. The van der Waals surface area contributed by atoms with E-state index in [2.05, 4.69) is 21.9 Å². The second-order valence-electron chi connectivity index (χ2n) is 6.97. The van der Waals surface area contributed by atoms with E-state index in [1.165, 1.54) is 16.1 Å². The zero-order valence-electron chi connectivity index (χ0n) is 17.1. The van der Waals surface area contributed by atoms with Crippen molar-refractivity contribution in [2.24, 2.45) is 0 Å². The van der Waals surface area contributed by atoms with Crippen molar-refractivity contribution in [1.82, 2.24) is 24.2 Å². The van der Waals surface area contributed by atoms with Crippen molar-refractivity contribution >= 4 is 21.8 Å². The van der Waals surface area contributed by atoms with Crippen molar-refractivity contribution in [3.05, 3.63) is 54.4 Å². The maximum absolute atomic E-state index is 13.0. The minimum atomic E-state index is -3.60. The van der Waals surface area contributed by atoms with Crippen LogP contribution in [0.15, 0.2) is 57.6 Å². The molecule has 1 saturated heterocycles. The van der Waals surface area contributed by atoms with Gasteiger partial charge in [-0.15, -0.1) is 16.8 Å². The van der Waals surface area contributed by atoms with Crippen LogP contribution in [0.5, 0.6) is 0 Å². The Kier molecular flexibility index (Phi) is 6.56. The van der Waals surface area contributed by atoms with E-state index >= 15 is 0 Å². The van der Waals surface area contributed by atoms with Crippen LogP contribution in [-0.4, -0.2) is 58.9 Å². The number of benzene rings is 1. The van der Waals surface area contributed by atoms with Gasteiger partial charge in [0.1, 0.15) is 5.76 Å². The molecular weight excluding hydrogens is 438 g/mol. The van der Waals surface area contributed by atoms with E-state index < -0.39 is 10.0 Å². The molecule has 0 spiro atoms. The fraction of sp³-hybridized carbons (Fsp3) is 0.350. The Morgan fingerprint density at radius 3 is 2.74 bits per heavy atom. The maximum Gasteiger partial charge on any atom is 0.243 e. The lowest BCUT2D eigenvalue weighted by atomic mass is 10.2. The average molecular weight is 462 g/mol. The largest absolute Gasteiger partial charge is 0.379 e. The van der Waals surface area contributed by atoms with E-state index in [1.807, 2.05) is 23.6 Å². The molecule has 3 aromatic rings. The standard InChI is InChI=1S/C20H23N5O4S2/c1-3-7-25-19(21-22-20(25)30-14-17-12-15(2)23-29-17)16-5-4-6-18(13-16)31(26,27)24-8-10-28-11-9-24/h3-6,12-13H,1,7-11,14H2,2H3. The van der Waals surface area contributed by atoms with Crippen molar-refractivity contribution in [1.29, 1.82) is 0 Å². The molecule has 1 aliphatic heterocycles. The van der Waals surface area contributed by atoms with E-state index in [9.17, 15) is 8.42 Å². The van der Waals surface area contributed by atoms with Crippen LogP contribution in [0.3, 0.4) is 0 Å². The summed E-state index contributed by atoms with van der Waals surface area (Å²) in [5, 5.41) is 13.2. The van der Waals surface area contributed by atoms with Crippen LogP contribution in [0, 0.1) is 6.92 Å². The third-order valence-corrected chi connectivity index (χ3v) is 7.63. The molecule has 164 valence electrons. The van der Waals surface area contributed by atoms with Crippen molar-refractivity contribution in [2.45, 2.75) is 29.3 Å². The fourth-order valence-corrected chi connectivity index (χ4v) is 5.53. The van der Waals surface area contributed by atoms with Gasteiger partial charge in [0.15, 0.2) is 11.0 Å². The second-order valence-corrected chi connectivity index (χ2v) is 9.85. The van der Waals surface area contributed by atoms with Gasteiger partial charge in [-0.1, -0.05) is 35.1 Å². The molecule has 4 rings (SSSR count). The highest BCUT2D eigenvalue weighted by molar-refractivity contribution is 7.98. The first-order chi connectivity index (χ1) is 15.0. The summed E-state index contributed by atoms with van der Waals surface area (Å²) in [5.74, 6) is 1.88. The second kappa shape index (κ2) is 9.35. The fourth-order valence-electron chi connectivity index (χ4n) is 3.25. The molecule has 0 unspecified atom stereocenters. The van der Waals surface area contributed by atoms with Gasteiger partial charge in [-0.05, 0) is 19.1 Å². The molecule has 0 amide bonds. The van der Waals surface area contributed by atoms with E-state index in [0.29, 0.717) is 55.1 Å². The number of aryl methyl sites for hydroxylation is 1. The van der Waals surface area contributed by atoms with Gasteiger partial charge in [0, 0.05) is 31.3 Å². The molecule has 11 heteroatoms. The van der Waals surface area contributed by atoms with E-state index in [1.54, 1.807) is 24.3 Å². The highest BCUT2D eigenvalue weighted by Crippen LogP contribution is 2.28. The summed E-state index contributed by atoms with van der Waals surface area (Å²) in [4.78, 5) is 0.228. The summed E-state index contributed by atoms with van der Waals surface area (Å²) in [6.07, 6.45) is 1.75. The molecule has 1 fully saturated rings. The van der Waals surface area contributed by atoms with E-state index in [0.717, 1.165) is 11.5 Å². The summed E-state index contributed by atoms with van der Waals surface area (Å²) in [5.41, 5.74) is 1.49. The molecule has 1 aliphatic rings. The monoisotopic (exact) mass is 461 g/mol. The number of morpholine rings is 1. The molecule has 0 atom stereocenters. The Hall–Kier alpha value is -2.47. The maximum atomic E-state index is 13.0. The molecule has 1 aromatic carbocycles. The summed E-state index contributed by atoms with van der Waals surface area (Å²) in [7, 11) is -3.60. The smallest absolute Gasteiger partial charge is 0.243 e. The predicted octanol–water partition coefficient (Wildman–Crippen LogP) is 2.74. The zero-order valence-corrected chi connectivity index (χ0v) is 18.7. The summed E-state index contributed by atoms with van der Waals surface area (Å²) in [6.45, 7) is 7.68. The van der Waals surface area contributed by atoms with Crippen molar-refractivity contribution in [2.75, 3.05) is 26.3 Å². The van der Waals surface area contributed by atoms with Crippen LogP contribution < -0.4 is 0 Å². The quantitative estimate of drug-likeness (QED) is 0.373. The molecule has 0 bridgehead atoms. The molecule has 31 heavy (non-hydrogen) atoms. The molecule has 0 N–H and O–H groups in total. The van der Waals surface area contributed by atoms with Crippen LogP contribution in [0.4, 0.5) is 0 Å². The Balaban J connectivity index is 1.62. The van der Waals surface area contributed by atoms with Gasteiger partial charge in [0.2, 0.25) is 10.0 Å². The number of thioether (sulfide) groups is 1. The van der Waals surface area contributed by atoms with Crippen molar-refractivity contribution in [3.63, 3.8) is 0 Å². The lowest BCUT2D eigenvalue weighted by Crippen LogP contribution is -2.40. The molecule has 3 heterocycles. The van der Waals surface area contributed by atoms with E-state index in [-0.39, 0.29) is 4.90 Å². The Morgan fingerprint density at radius 1 is 1.23 bits per heavy atom. The number of aromatic nitrogens is 4. The predicted molar refractivity (Wildman–Crippen MR) is 116 cm³/mol. The Labute approximate surface area is 185 Å². The molecule has 0 aliphatic carbocycles. The first kappa shape index (κ1) is 21.8. The third kappa shape index (κ3) is 4.74. The van der Waals surface area contributed by atoms with Gasteiger partial charge in [-0.25, -0.2) is 8.42 Å². The van der Waals surface area contributed by atoms with Crippen LogP contribution in [0.2, 0.25) is 0 Å². The van der Waals surface area contributed by atoms with Crippen LogP contribution in [0.25, 0.3) is 11.4 Å². The lowest BCUT2D eigenvalue weighted by molar-refractivity contribution is 0.0730. The Bertz CT molecular complexity index is 1170. The molecule has 9 nitrogen and oxygen atoms in total. The van der Waals surface area contributed by atoms with Gasteiger partial charge in [0.25, 0.3) is 0 Å². The van der Waals surface area contributed by atoms with Gasteiger partial charge < -0.3 is 9.26 Å². The van der Waals surface area contributed by atoms with Gasteiger partial charge in [-0.2, -0.15) is 4.31 Å². The number of nitrogens with zero attached hydrogens (tertiary/aromatic N) is 5. The minimum Gasteiger partial charge on any atom is -0.379 e. The van der Waals surface area contributed by atoms with Crippen molar-refractivity contribution in [3.8, 4) is 11.4 Å². The first-order valence-electron chi connectivity index (χ1n) is 9.76. The Morgan fingerprint density at radius 2 is 2.03 bits per heavy atom. The normalized spacial score (nSPS) is 15.3. The highest BCUT2D eigenvalue weighted by Gasteiger charge is 2.27. The number of sulfonamides is 1. The number of allylic oxidation sites excluding steroid dienone is 1. The molecule has 2 aromatic heterocycles. The number of rotatable bonds is 8. The first-order valence-corrected chi connectivity index (χ1v) is 12.2. The number of ether oxygens (including phenoxy) is 1.